The Kier molecular flexibility index (Phi) is 7.09. The molecule has 0 aliphatic heterocycles. The summed E-state index contributed by atoms with van der Waals surface area (Å²) in [6, 6.07) is 5.20. The van der Waals surface area contributed by atoms with E-state index in [1.54, 1.807) is 43.2 Å². The number of anilines is 1. The summed E-state index contributed by atoms with van der Waals surface area (Å²) in [7, 11) is 3.11. The van der Waals surface area contributed by atoms with Crippen LogP contribution in [-0.2, 0) is 11.3 Å². The first-order valence-electron chi connectivity index (χ1n) is 8.44. The van der Waals surface area contributed by atoms with E-state index in [0.29, 0.717) is 22.3 Å². The summed E-state index contributed by atoms with van der Waals surface area (Å²) in [6.45, 7) is 4.75. The maximum Gasteiger partial charge on any atom is 0.248 e. The second-order valence-corrected chi connectivity index (χ2v) is 6.11. The molecular formula is C19H24ClN3O3. The van der Waals surface area contributed by atoms with E-state index < -0.39 is 0 Å². The van der Waals surface area contributed by atoms with Crippen molar-refractivity contribution >= 4 is 29.3 Å². The molecule has 2 aromatic rings. The molecule has 0 radical (unpaired) electrons. The van der Waals surface area contributed by atoms with Crippen molar-refractivity contribution in [2.45, 2.75) is 33.2 Å². The lowest BCUT2D eigenvalue weighted by Gasteiger charge is -2.10. The van der Waals surface area contributed by atoms with Gasteiger partial charge in [0.1, 0.15) is 16.7 Å². The number of amides is 1. The van der Waals surface area contributed by atoms with Gasteiger partial charge in [0.2, 0.25) is 5.91 Å². The molecule has 1 N–H and O–H groups in total. The summed E-state index contributed by atoms with van der Waals surface area (Å²) in [4.78, 5) is 12.3. The molecule has 0 aliphatic rings. The summed E-state index contributed by atoms with van der Waals surface area (Å²) in [5.74, 6) is 0.878. The van der Waals surface area contributed by atoms with Gasteiger partial charge in [-0.3, -0.25) is 9.48 Å². The third-order valence-corrected chi connectivity index (χ3v) is 4.30. The SMILES string of the molecule is CCCCn1nc(C)c(/C=C/C(=O)Nc2cc(OC)ccc2OC)c1Cl. The average Bonchev–Trinajstić information content (AvgIpc) is 2.91. The van der Waals surface area contributed by atoms with Gasteiger partial charge < -0.3 is 14.8 Å². The van der Waals surface area contributed by atoms with Crippen LogP contribution >= 0.6 is 11.6 Å². The number of halogens is 1. The zero-order valence-electron chi connectivity index (χ0n) is 15.5. The zero-order valence-corrected chi connectivity index (χ0v) is 16.3. The fraction of sp³-hybridized carbons (Fsp3) is 0.368. The lowest BCUT2D eigenvalue weighted by atomic mass is 10.2. The number of hydrogen-bond acceptors (Lipinski definition) is 4. The molecule has 7 heteroatoms. The topological polar surface area (TPSA) is 65.4 Å². The number of nitrogens with one attached hydrogen (secondary N) is 1. The molecular weight excluding hydrogens is 354 g/mol. The molecule has 6 nitrogen and oxygen atoms in total. The number of aryl methyl sites for hydroxylation is 2. The van der Waals surface area contributed by atoms with Gasteiger partial charge in [0, 0.05) is 24.3 Å². The maximum atomic E-state index is 12.3. The van der Waals surface area contributed by atoms with Gasteiger partial charge in [-0.05, 0) is 31.6 Å². The lowest BCUT2D eigenvalue weighted by molar-refractivity contribution is -0.111. The molecule has 0 saturated heterocycles. The minimum absolute atomic E-state index is 0.298. The number of unbranched alkanes of at least 4 members (excludes halogenated alkanes) is 1. The molecule has 0 atom stereocenters. The second-order valence-electron chi connectivity index (χ2n) is 5.76. The predicted molar refractivity (Wildman–Crippen MR) is 104 cm³/mol. The van der Waals surface area contributed by atoms with E-state index in [2.05, 4.69) is 17.3 Å². The van der Waals surface area contributed by atoms with Gasteiger partial charge in [-0.15, -0.1) is 0 Å². The van der Waals surface area contributed by atoms with Crippen LogP contribution in [0.1, 0.15) is 31.0 Å². The molecule has 1 heterocycles. The zero-order chi connectivity index (χ0) is 19.1. The summed E-state index contributed by atoms with van der Waals surface area (Å²) >= 11 is 6.38. The fourth-order valence-electron chi connectivity index (χ4n) is 2.46. The molecule has 0 fully saturated rings. The van der Waals surface area contributed by atoms with E-state index in [-0.39, 0.29) is 5.91 Å². The van der Waals surface area contributed by atoms with Crippen LogP contribution in [0.15, 0.2) is 24.3 Å². The number of aromatic nitrogens is 2. The Bertz CT molecular complexity index is 800. The van der Waals surface area contributed by atoms with Crippen LogP contribution in [0.3, 0.4) is 0 Å². The van der Waals surface area contributed by atoms with Crippen molar-refractivity contribution in [2.75, 3.05) is 19.5 Å². The Morgan fingerprint density at radius 3 is 2.77 bits per heavy atom. The van der Waals surface area contributed by atoms with Gasteiger partial charge in [0.15, 0.2) is 0 Å². The monoisotopic (exact) mass is 377 g/mol. The summed E-state index contributed by atoms with van der Waals surface area (Å²) < 4.78 is 12.2. The van der Waals surface area contributed by atoms with E-state index in [0.717, 1.165) is 30.6 Å². The largest absolute Gasteiger partial charge is 0.497 e. The highest BCUT2D eigenvalue weighted by molar-refractivity contribution is 6.31. The van der Waals surface area contributed by atoms with E-state index in [9.17, 15) is 4.79 Å². The van der Waals surface area contributed by atoms with E-state index >= 15 is 0 Å². The number of carbonyl (C=O) groups is 1. The first-order chi connectivity index (χ1) is 12.5. The van der Waals surface area contributed by atoms with Crippen LogP contribution in [0.2, 0.25) is 5.15 Å². The summed E-state index contributed by atoms with van der Waals surface area (Å²) in [6.07, 6.45) is 5.17. The van der Waals surface area contributed by atoms with E-state index in [4.69, 9.17) is 21.1 Å². The molecule has 1 aromatic carbocycles. The number of nitrogens with zero attached hydrogens (tertiary/aromatic N) is 2. The van der Waals surface area contributed by atoms with Crippen molar-refractivity contribution < 1.29 is 14.3 Å². The highest BCUT2D eigenvalue weighted by Gasteiger charge is 2.12. The minimum atomic E-state index is -0.298. The Morgan fingerprint density at radius 1 is 1.35 bits per heavy atom. The van der Waals surface area contributed by atoms with E-state index in [1.807, 2.05) is 6.92 Å². The number of methoxy groups -OCH3 is 2. The number of rotatable bonds is 8. The van der Waals surface area contributed by atoms with Crippen molar-refractivity contribution in [1.29, 1.82) is 0 Å². The molecule has 2 rings (SSSR count). The Morgan fingerprint density at radius 2 is 2.12 bits per heavy atom. The van der Waals surface area contributed by atoms with Crippen LogP contribution in [0, 0.1) is 6.92 Å². The Labute approximate surface area is 158 Å². The molecule has 140 valence electrons. The molecule has 26 heavy (non-hydrogen) atoms. The highest BCUT2D eigenvalue weighted by Crippen LogP contribution is 2.29. The molecule has 0 saturated carbocycles. The average molecular weight is 378 g/mol. The normalized spacial score (nSPS) is 11.0. The standard InChI is InChI=1S/C19H24ClN3O3/c1-5-6-11-23-19(20)15(13(2)22-23)8-10-18(24)21-16-12-14(25-3)7-9-17(16)26-4/h7-10,12H,5-6,11H2,1-4H3,(H,21,24)/b10-8+. The Balaban J connectivity index is 2.14. The lowest BCUT2D eigenvalue weighted by Crippen LogP contribution is -2.09. The summed E-state index contributed by atoms with van der Waals surface area (Å²) in [5, 5.41) is 7.75. The molecule has 0 aliphatic carbocycles. The second kappa shape index (κ2) is 9.29. The minimum Gasteiger partial charge on any atom is -0.497 e. The quantitative estimate of drug-likeness (QED) is 0.696. The van der Waals surface area contributed by atoms with Gasteiger partial charge in [-0.25, -0.2) is 0 Å². The number of ether oxygens (including phenoxy) is 2. The van der Waals surface area contributed by atoms with Gasteiger partial charge in [0.25, 0.3) is 0 Å². The van der Waals surface area contributed by atoms with Crippen molar-refractivity contribution in [3.63, 3.8) is 0 Å². The predicted octanol–water partition coefficient (Wildman–Crippen LogP) is 4.31. The van der Waals surface area contributed by atoms with Crippen molar-refractivity contribution in [2.24, 2.45) is 0 Å². The summed E-state index contributed by atoms with van der Waals surface area (Å²) in [5.41, 5.74) is 2.06. The van der Waals surface area contributed by atoms with E-state index in [1.165, 1.54) is 6.08 Å². The first kappa shape index (κ1) is 19.8. The van der Waals surface area contributed by atoms with Gasteiger partial charge in [-0.2, -0.15) is 5.10 Å². The third kappa shape index (κ3) is 4.79. The smallest absolute Gasteiger partial charge is 0.248 e. The van der Waals surface area contributed by atoms with Crippen LogP contribution in [0.4, 0.5) is 5.69 Å². The van der Waals surface area contributed by atoms with Crippen molar-refractivity contribution in [3.05, 3.63) is 40.7 Å². The van der Waals surface area contributed by atoms with Gasteiger partial charge in [0.05, 0.1) is 25.6 Å². The van der Waals surface area contributed by atoms with Crippen LogP contribution in [0.5, 0.6) is 11.5 Å². The van der Waals surface area contributed by atoms with Gasteiger partial charge in [-0.1, -0.05) is 24.9 Å². The highest BCUT2D eigenvalue weighted by atomic mass is 35.5. The molecule has 1 aromatic heterocycles. The maximum absolute atomic E-state index is 12.3. The molecule has 0 spiro atoms. The molecule has 0 bridgehead atoms. The van der Waals surface area contributed by atoms with Crippen molar-refractivity contribution in [3.8, 4) is 11.5 Å². The molecule has 0 unspecified atom stereocenters. The van der Waals surface area contributed by atoms with Crippen molar-refractivity contribution in [1.82, 2.24) is 9.78 Å². The number of hydrogen-bond donors (Lipinski definition) is 1. The number of benzene rings is 1. The Hall–Kier alpha value is -2.47. The molecule has 1 amide bonds. The first-order valence-corrected chi connectivity index (χ1v) is 8.82. The van der Waals surface area contributed by atoms with Crippen LogP contribution in [0.25, 0.3) is 6.08 Å². The number of carbonyl (C=O) groups excluding carboxylic acids is 1. The van der Waals surface area contributed by atoms with Crippen LogP contribution < -0.4 is 14.8 Å². The van der Waals surface area contributed by atoms with Crippen LogP contribution in [-0.4, -0.2) is 29.9 Å². The fourth-order valence-corrected chi connectivity index (χ4v) is 2.78. The van der Waals surface area contributed by atoms with Gasteiger partial charge >= 0.3 is 0 Å². The third-order valence-electron chi connectivity index (χ3n) is 3.90.